The van der Waals surface area contributed by atoms with Gasteiger partial charge in [-0.3, -0.25) is 5.84 Å². The van der Waals surface area contributed by atoms with Crippen LogP contribution in [-0.4, -0.2) is 16.7 Å². The van der Waals surface area contributed by atoms with Crippen LogP contribution < -0.4 is 16.0 Å². The molecule has 0 radical (unpaired) electrons. The van der Waals surface area contributed by atoms with Crippen LogP contribution in [0.5, 0.6) is 5.75 Å². The Kier molecular flexibility index (Phi) is 4.41. The van der Waals surface area contributed by atoms with Gasteiger partial charge in [-0.1, -0.05) is 17.5 Å². The topological polar surface area (TPSA) is 73.1 Å². The van der Waals surface area contributed by atoms with Crippen LogP contribution in [0.2, 0.25) is 0 Å². The lowest BCUT2D eigenvalue weighted by atomic mass is 10.0. The van der Waals surface area contributed by atoms with E-state index in [1.165, 1.54) is 24.7 Å². The summed E-state index contributed by atoms with van der Waals surface area (Å²) in [5.41, 5.74) is 4.26. The number of aryl methyl sites for hydroxylation is 1. The zero-order valence-corrected chi connectivity index (χ0v) is 11.5. The molecule has 7 heteroatoms. The Morgan fingerprint density at radius 2 is 2.32 bits per heavy atom. The minimum atomic E-state index is -0.421. The molecule has 0 aliphatic carbocycles. The first kappa shape index (κ1) is 13.9. The second-order valence-electron chi connectivity index (χ2n) is 3.93. The summed E-state index contributed by atoms with van der Waals surface area (Å²) in [5, 5.41) is 4.04. The highest BCUT2D eigenvalue weighted by Gasteiger charge is 2.20. The van der Waals surface area contributed by atoms with E-state index in [1.807, 2.05) is 6.92 Å². The van der Waals surface area contributed by atoms with Crippen molar-refractivity contribution in [3.05, 3.63) is 40.2 Å². The zero-order chi connectivity index (χ0) is 13.8. The number of hydrazine groups is 1. The molecule has 5 nitrogen and oxygen atoms in total. The Morgan fingerprint density at radius 1 is 1.53 bits per heavy atom. The van der Waals surface area contributed by atoms with Crippen LogP contribution in [0.3, 0.4) is 0 Å². The normalized spacial score (nSPS) is 12.4. The van der Waals surface area contributed by atoms with E-state index in [0.717, 1.165) is 17.0 Å². The fourth-order valence-corrected chi connectivity index (χ4v) is 2.69. The highest BCUT2D eigenvalue weighted by atomic mass is 32.1. The Hall–Kier alpha value is -1.57. The van der Waals surface area contributed by atoms with E-state index in [9.17, 15) is 4.39 Å². The van der Waals surface area contributed by atoms with Gasteiger partial charge in [0.05, 0.1) is 23.7 Å². The average Bonchev–Trinajstić information content (AvgIpc) is 2.88. The largest absolute Gasteiger partial charge is 0.494 e. The lowest BCUT2D eigenvalue weighted by Crippen LogP contribution is -2.29. The van der Waals surface area contributed by atoms with E-state index in [-0.39, 0.29) is 11.8 Å². The second kappa shape index (κ2) is 6.05. The van der Waals surface area contributed by atoms with Gasteiger partial charge in [0.15, 0.2) is 11.6 Å². The van der Waals surface area contributed by atoms with E-state index in [4.69, 9.17) is 10.6 Å². The highest BCUT2D eigenvalue weighted by Crippen LogP contribution is 2.29. The molecule has 1 aromatic heterocycles. The number of aromatic nitrogens is 2. The van der Waals surface area contributed by atoms with Gasteiger partial charge in [0.25, 0.3) is 0 Å². The first-order valence-corrected chi connectivity index (χ1v) is 6.59. The van der Waals surface area contributed by atoms with Crippen LogP contribution in [0.4, 0.5) is 4.39 Å². The standard InChI is InChI=1S/C12H15FN4OS/c1-3-9-12(19-17-16-9)11(15-14)7-4-5-10(18-2)8(13)6-7/h4-6,11,15H,3,14H2,1-2H3. The third-order valence-corrected chi connectivity index (χ3v) is 3.69. The Morgan fingerprint density at radius 3 is 2.89 bits per heavy atom. The molecule has 1 heterocycles. The van der Waals surface area contributed by atoms with Gasteiger partial charge >= 0.3 is 0 Å². The minimum Gasteiger partial charge on any atom is -0.494 e. The Labute approximate surface area is 114 Å². The highest BCUT2D eigenvalue weighted by molar-refractivity contribution is 7.05. The lowest BCUT2D eigenvalue weighted by Gasteiger charge is -2.16. The van der Waals surface area contributed by atoms with Gasteiger partial charge in [0, 0.05) is 0 Å². The molecular weight excluding hydrogens is 267 g/mol. The molecule has 0 aliphatic heterocycles. The molecule has 2 rings (SSSR count). The molecule has 0 saturated heterocycles. The Bertz CT molecular complexity index is 560. The summed E-state index contributed by atoms with van der Waals surface area (Å²) in [7, 11) is 1.43. The Balaban J connectivity index is 2.40. The molecule has 19 heavy (non-hydrogen) atoms. The monoisotopic (exact) mass is 282 g/mol. The van der Waals surface area contributed by atoms with E-state index < -0.39 is 5.82 Å². The number of ether oxygens (including phenoxy) is 1. The van der Waals surface area contributed by atoms with Crippen molar-refractivity contribution in [1.29, 1.82) is 0 Å². The molecule has 0 fully saturated rings. The third-order valence-electron chi connectivity index (χ3n) is 2.86. The van der Waals surface area contributed by atoms with Crippen LogP contribution in [0.1, 0.15) is 29.1 Å². The van der Waals surface area contributed by atoms with E-state index in [2.05, 4.69) is 15.0 Å². The van der Waals surface area contributed by atoms with Crippen molar-refractivity contribution in [3.8, 4) is 5.75 Å². The molecule has 1 atom stereocenters. The summed E-state index contributed by atoms with van der Waals surface area (Å²) in [4.78, 5) is 0.898. The number of nitrogens with one attached hydrogen (secondary N) is 1. The van der Waals surface area contributed by atoms with Gasteiger partial charge in [0.1, 0.15) is 0 Å². The van der Waals surface area contributed by atoms with Crippen LogP contribution in [0, 0.1) is 5.82 Å². The van der Waals surface area contributed by atoms with Crippen molar-refractivity contribution in [2.45, 2.75) is 19.4 Å². The average molecular weight is 282 g/mol. The number of hydrogen-bond donors (Lipinski definition) is 2. The fraction of sp³-hybridized carbons (Fsp3) is 0.333. The molecule has 3 N–H and O–H groups in total. The van der Waals surface area contributed by atoms with Crippen molar-refractivity contribution in [1.82, 2.24) is 15.0 Å². The molecule has 1 aromatic carbocycles. The predicted octanol–water partition coefficient (Wildman–Crippen LogP) is 1.80. The predicted molar refractivity (Wildman–Crippen MR) is 71.4 cm³/mol. The number of nitrogens with two attached hydrogens (primary N) is 1. The van der Waals surface area contributed by atoms with Crippen LogP contribution in [0.25, 0.3) is 0 Å². The maximum atomic E-state index is 13.7. The van der Waals surface area contributed by atoms with Gasteiger partial charge in [-0.05, 0) is 35.6 Å². The number of benzene rings is 1. The lowest BCUT2D eigenvalue weighted by molar-refractivity contribution is 0.385. The van der Waals surface area contributed by atoms with Crippen molar-refractivity contribution in [3.63, 3.8) is 0 Å². The van der Waals surface area contributed by atoms with Crippen molar-refractivity contribution in [2.75, 3.05) is 7.11 Å². The van der Waals surface area contributed by atoms with Gasteiger partial charge in [0.2, 0.25) is 0 Å². The summed E-state index contributed by atoms with van der Waals surface area (Å²) in [6.45, 7) is 1.99. The number of methoxy groups -OCH3 is 1. The number of halogens is 1. The fourth-order valence-electron chi connectivity index (χ4n) is 1.87. The number of nitrogens with zero attached hydrogens (tertiary/aromatic N) is 2. The maximum Gasteiger partial charge on any atom is 0.165 e. The molecule has 0 bridgehead atoms. The minimum absolute atomic E-state index is 0.206. The van der Waals surface area contributed by atoms with Crippen LogP contribution in [0.15, 0.2) is 18.2 Å². The zero-order valence-electron chi connectivity index (χ0n) is 10.7. The maximum absolute atomic E-state index is 13.7. The SMILES string of the molecule is CCc1nnsc1C(NN)c1ccc(OC)c(F)c1. The summed E-state index contributed by atoms with van der Waals surface area (Å²) in [6.07, 6.45) is 0.753. The van der Waals surface area contributed by atoms with Crippen molar-refractivity contribution >= 4 is 11.5 Å². The summed E-state index contributed by atoms with van der Waals surface area (Å²) < 4.78 is 22.6. The first-order valence-electron chi connectivity index (χ1n) is 5.82. The first-order chi connectivity index (χ1) is 9.21. The molecular formula is C12H15FN4OS. The van der Waals surface area contributed by atoms with Crippen LogP contribution >= 0.6 is 11.5 Å². The second-order valence-corrected chi connectivity index (χ2v) is 4.72. The number of hydrogen-bond acceptors (Lipinski definition) is 6. The number of rotatable bonds is 5. The molecule has 0 amide bonds. The molecule has 1 unspecified atom stereocenters. The van der Waals surface area contributed by atoms with Crippen LogP contribution in [-0.2, 0) is 6.42 Å². The molecule has 102 valence electrons. The van der Waals surface area contributed by atoms with E-state index in [1.54, 1.807) is 12.1 Å². The summed E-state index contributed by atoms with van der Waals surface area (Å²) in [5.74, 6) is 5.37. The van der Waals surface area contributed by atoms with Crippen molar-refractivity contribution < 1.29 is 9.13 Å². The quantitative estimate of drug-likeness (QED) is 0.646. The van der Waals surface area contributed by atoms with Gasteiger partial charge in [-0.15, -0.1) is 5.10 Å². The molecule has 0 aliphatic rings. The van der Waals surface area contributed by atoms with Crippen molar-refractivity contribution in [2.24, 2.45) is 5.84 Å². The summed E-state index contributed by atoms with van der Waals surface area (Å²) in [6, 6.07) is 4.43. The molecule has 0 spiro atoms. The van der Waals surface area contributed by atoms with E-state index in [0.29, 0.717) is 5.56 Å². The molecule has 2 aromatic rings. The van der Waals surface area contributed by atoms with Gasteiger partial charge in [-0.2, -0.15) is 0 Å². The summed E-state index contributed by atoms with van der Waals surface area (Å²) >= 11 is 1.26. The third kappa shape index (κ3) is 2.73. The van der Waals surface area contributed by atoms with Gasteiger partial charge < -0.3 is 4.74 Å². The smallest absolute Gasteiger partial charge is 0.165 e. The molecule has 0 saturated carbocycles. The van der Waals surface area contributed by atoms with Gasteiger partial charge in [-0.25, -0.2) is 9.82 Å². The van der Waals surface area contributed by atoms with E-state index >= 15 is 0 Å².